The van der Waals surface area contributed by atoms with Crippen LogP contribution >= 0.6 is 0 Å². The molecular formula is C8H13N3O3. The largest absolute Gasteiger partial charge is 0.394 e. The number of aliphatic hydroxyl groups excluding tert-OH is 2. The monoisotopic (exact) mass is 199 g/mol. The van der Waals surface area contributed by atoms with Gasteiger partial charge in [0.1, 0.15) is 5.69 Å². The summed E-state index contributed by atoms with van der Waals surface area (Å²) in [5.74, 6) is -0.409. The van der Waals surface area contributed by atoms with Gasteiger partial charge in [-0.15, -0.1) is 0 Å². The van der Waals surface area contributed by atoms with Crippen LogP contribution in [0.5, 0.6) is 0 Å². The summed E-state index contributed by atoms with van der Waals surface area (Å²) < 4.78 is 0. The highest BCUT2D eigenvalue weighted by Crippen LogP contribution is 2.02. The molecule has 4 N–H and O–H groups in total. The highest BCUT2D eigenvalue weighted by molar-refractivity contribution is 5.92. The Morgan fingerprint density at radius 2 is 2.29 bits per heavy atom. The lowest BCUT2D eigenvalue weighted by Crippen LogP contribution is -2.51. The number of carbonyl (C=O) groups excluding carboxylic acids is 1. The van der Waals surface area contributed by atoms with Gasteiger partial charge >= 0.3 is 0 Å². The van der Waals surface area contributed by atoms with Gasteiger partial charge in [-0.3, -0.25) is 9.89 Å². The van der Waals surface area contributed by atoms with E-state index in [2.05, 4.69) is 15.5 Å². The summed E-state index contributed by atoms with van der Waals surface area (Å²) in [6.45, 7) is 0.883. The molecule has 1 aromatic rings. The number of rotatable bonds is 4. The van der Waals surface area contributed by atoms with Crippen molar-refractivity contribution in [3.05, 3.63) is 18.0 Å². The third kappa shape index (κ3) is 2.30. The second-order valence-electron chi connectivity index (χ2n) is 3.30. The fraction of sp³-hybridized carbons (Fsp3) is 0.500. The highest BCUT2D eigenvalue weighted by atomic mass is 16.3. The Morgan fingerprint density at radius 3 is 2.71 bits per heavy atom. The molecule has 1 aromatic heterocycles. The lowest BCUT2D eigenvalue weighted by atomic mass is 10.1. The van der Waals surface area contributed by atoms with Crippen LogP contribution in [0.4, 0.5) is 0 Å². The van der Waals surface area contributed by atoms with Crippen molar-refractivity contribution < 1.29 is 15.0 Å². The molecule has 0 atom stereocenters. The van der Waals surface area contributed by atoms with E-state index in [0.717, 1.165) is 0 Å². The first kappa shape index (κ1) is 10.7. The van der Waals surface area contributed by atoms with Crippen LogP contribution in [0.25, 0.3) is 0 Å². The Hall–Kier alpha value is -1.40. The molecule has 1 amide bonds. The molecule has 0 aliphatic carbocycles. The van der Waals surface area contributed by atoms with E-state index < -0.39 is 11.4 Å². The maximum atomic E-state index is 11.4. The van der Waals surface area contributed by atoms with Crippen molar-refractivity contribution in [2.45, 2.75) is 12.5 Å². The standard InChI is InChI=1S/C8H13N3O3/c1-8(4-12,5-13)10-7(14)6-2-3-9-11-6/h2-3,12-13H,4-5H2,1H3,(H,9,11)(H,10,14). The van der Waals surface area contributed by atoms with Gasteiger partial charge in [0.2, 0.25) is 0 Å². The Morgan fingerprint density at radius 1 is 1.64 bits per heavy atom. The number of hydrogen-bond acceptors (Lipinski definition) is 4. The first-order valence-corrected chi connectivity index (χ1v) is 4.15. The first-order chi connectivity index (χ1) is 6.61. The smallest absolute Gasteiger partial charge is 0.269 e. The molecule has 0 radical (unpaired) electrons. The highest BCUT2D eigenvalue weighted by Gasteiger charge is 2.25. The van der Waals surface area contributed by atoms with E-state index in [1.54, 1.807) is 6.92 Å². The quantitative estimate of drug-likeness (QED) is 0.494. The number of amides is 1. The molecule has 6 heteroatoms. The van der Waals surface area contributed by atoms with Gasteiger partial charge in [-0.05, 0) is 13.0 Å². The predicted octanol–water partition coefficient (Wildman–Crippen LogP) is -1.12. The van der Waals surface area contributed by atoms with Crippen LogP contribution in [0.1, 0.15) is 17.4 Å². The lowest BCUT2D eigenvalue weighted by Gasteiger charge is -2.25. The maximum Gasteiger partial charge on any atom is 0.269 e. The topological polar surface area (TPSA) is 98.2 Å². The average Bonchev–Trinajstić information content (AvgIpc) is 2.70. The number of nitrogens with zero attached hydrogens (tertiary/aromatic N) is 1. The number of H-pyrrole nitrogens is 1. The van der Waals surface area contributed by atoms with Gasteiger partial charge in [-0.1, -0.05) is 0 Å². The van der Waals surface area contributed by atoms with Gasteiger partial charge in [0.25, 0.3) is 5.91 Å². The Balaban J connectivity index is 2.65. The zero-order valence-electron chi connectivity index (χ0n) is 7.82. The zero-order valence-corrected chi connectivity index (χ0v) is 7.82. The Labute approximate surface area is 81.0 Å². The second kappa shape index (κ2) is 4.21. The molecule has 0 saturated heterocycles. The average molecular weight is 199 g/mol. The molecule has 0 spiro atoms. The van der Waals surface area contributed by atoms with Crippen molar-refractivity contribution in [2.24, 2.45) is 0 Å². The van der Waals surface area contributed by atoms with E-state index in [4.69, 9.17) is 10.2 Å². The van der Waals surface area contributed by atoms with E-state index in [-0.39, 0.29) is 18.9 Å². The molecule has 1 heterocycles. The summed E-state index contributed by atoms with van der Waals surface area (Å²) in [6.07, 6.45) is 1.45. The minimum atomic E-state index is -1.01. The van der Waals surface area contributed by atoms with E-state index >= 15 is 0 Å². The summed E-state index contributed by atoms with van der Waals surface area (Å²) >= 11 is 0. The molecule has 0 aliphatic heterocycles. The van der Waals surface area contributed by atoms with Crippen LogP contribution in [0.15, 0.2) is 12.3 Å². The number of aromatic amines is 1. The number of aliphatic hydroxyl groups is 2. The maximum absolute atomic E-state index is 11.4. The lowest BCUT2D eigenvalue weighted by molar-refractivity contribution is 0.0719. The summed E-state index contributed by atoms with van der Waals surface area (Å²) in [5.41, 5.74) is -0.722. The van der Waals surface area contributed by atoms with Crippen LogP contribution in [0.3, 0.4) is 0 Å². The molecule has 1 rings (SSSR count). The van der Waals surface area contributed by atoms with E-state index in [1.165, 1.54) is 12.3 Å². The van der Waals surface area contributed by atoms with Crippen LogP contribution in [-0.2, 0) is 0 Å². The van der Waals surface area contributed by atoms with E-state index in [1.807, 2.05) is 0 Å². The van der Waals surface area contributed by atoms with Gasteiger partial charge in [-0.25, -0.2) is 0 Å². The molecule has 14 heavy (non-hydrogen) atoms. The third-order valence-electron chi connectivity index (χ3n) is 1.86. The number of hydrogen-bond donors (Lipinski definition) is 4. The SMILES string of the molecule is CC(CO)(CO)NC(=O)c1ccn[nH]1. The fourth-order valence-electron chi connectivity index (χ4n) is 0.853. The zero-order chi connectivity index (χ0) is 10.6. The number of nitrogens with one attached hydrogen (secondary N) is 2. The minimum absolute atomic E-state index is 0.290. The van der Waals surface area contributed by atoms with Crippen molar-refractivity contribution in [2.75, 3.05) is 13.2 Å². The molecule has 0 fully saturated rings. The fourth-order valence-corrected chi connectivity index (χ4v) is 0.853. The van der Waals surface area contributed by atoms with Crippen molar-refractivity contribution in [3.8, 4) is 0 Å². The van der Waals surface area contributed by atoms with Crippen molar-refractivity contribution in [3.63, 3.8) is 0 Å². The van der Waals surface area contributed by atoms with E-state index in [0.29, 0.717) is 0 Å². The normalized spacial score (nSPS) is 11.4. The van der Waals surface area contributed by atoms with Gasteiger partial charge in [0.05, 0.1) is 18.8 Å². The van der Waals surface area contributed by atoms with Gasteiger partial charge in [-0.2, -0.15) is 5.10 Å². The Kier molecular flexibility index (Phi) is 3.21. The van der Waals surface area contributed by atoms with Crippen LogP contribution in [-0.4, -0.2) is 45.1 Å². The van der Waals surface area contributed by atoms with Crippen LogP contribution in [0, 0.1) is 0 Å². The number of aromatic nitrogens is 2. The van der Waals surface area contributed by atoms with E-state index in [9.17, 15) is 4.79 Å². The molecule has 0 unspecified atom stereocenters. The molecule has 0 saturated carbocycles. The molecular weight excluding hydrogens is 186 g/mol. The first-order valence-electron chi connectivity index (χ1n) is 4.15. The molecule has 0 bridgehead atoms. The molecule has 0 aromatic carbocycles. The predicted molar refractivity (Wildman–Crippen MR) is 48.6 cm³/mol. The summed E-state index contributed by atoms with van der Waals surface area (Å²) in [5, 5.41) is 26.4. The second-order valence-corrected chi connectivity index (χ2v) is 3.30. The number of carbonyl (C=O) groups is 1. The van der Waals surface area contributed by atoms with Crippen molar-refractivity contribution in [1.29, 1.82) is 0 Å². The molecule has 6 nitrogen and oxygen atoms in total. The van der Waals surface area contributed by atoms with Gasteiger partial charge in [0.15, 0.2) is 0 Å². The minimum Gasteiger partial charge on any atom is -0.394 e. The van der Waals surface area contributed by atoms with Crippen LogP contribution < -0.4 is 5.32 Å². The summed E-state index contributed by atoms with van der Waals surface area (Å²) in [7, 11) is 0. The van der Waals surface area contributed by atoms with Crippen molar-refractivity contribution in [1.82, 2.24) is 15.5 Å². The van der Waals surface area contributed by atoms with Gasteiger partial charge < -0.3 is 15.5 Å². The van der Waals surface area contributed by atoms with Crippen molar-refractivity contribution >= 4 is 5.91 Å². The van der Waals surface area contributed by atoms with Crippen LogP contribution in [0.2, 0.25) is 0 Å². The molecule has 0 aliphatic rings. The van der Waals surface area contributed by atoms with Gasteiger partial charge in [0, 0.05) is 6.20 Å². The molecule has 78 valence electrons. The third-order valence-corrected chi connectivity index (χ3v) is 1.86. The Bertz CT molecular complexity index is 293. The summed E-state index contributed by atoms with van der Waals surface area (Å²) in [4.78, 5) is 11.4. The summed E-state index contributed by atoms with van der Waals surface area (Å²) in [6, 6.07) is 1.50.